The number of nitro groups is 1. The van der Waals surface area contributed by atoms with Crippen molar-refractivity contribution in [2.75, 3.05) is 0 Å². The van der Waals surface area contributed by atoms with Crippen LogP contribution in [0.1, 0.15) is 18.5 Å². The molecule has 0 aliphatic heterocycles. The summed E-state index contributed by atoms with van der Waals surface area (Å²) in [5.74, 6) is 0.724. The minimum absolute atomic E-state index is 0.0854. The lowest BCUT2D eigenvalue weighted by Gasteiger charge is -2.12. The molecule has 5 nitrogen and oxygen atoms in total. The molecule has 2 N–H and O–H groups in total. The summed E-state index contributed by atoms with van der Waals surface area (Å²) in [6.45, 7) is 1.87. The molecular weight excluding hydrogens is 360 g/mol. The average Bonchev–Trinajstić information content (AvgIpc) is 2.42. The minimum Gasteiger partial charge on any atom is -0.454 e. The second kappa shape index (κ2) is 6.43. The van der Waals surface area contributed by atoms with E-state index >= 15 is 0 Å². The third kappa shape index (κ3) is 3.72. The van der Waals surface area contributed by atoms with E-state index in [9.17, 15) is 10.1 Å². The first-order valence-corrected chi connectivity index (χ1v) is 7.22. The fraction of sp³-hybridized carbons (Fsp3) is 0.143. The Labute approximate surface area is 134 Å². The normalized spacial score (nSPS) is 12.0. The van der Waals surface area contributed by atoms with Crippen LogP contribution in [-0.2, 0) is 0 Å². The molecule has 0 amide bonds. The Morgan fingerprint density at radius 1 is 1.29 bits per heavy atom. The topological polar surface area (TPSA) is 78.4 Å². The van der Waals surface area contributed by atoms with E-state index in [4.69, 9.17) is 22.1 Å². The molecule has 0 fully saturated rings. The summed E-state index contributed by atoms with van der Waals surface area (Å²) in [5.41, 5.74) is 6.66. The van der Waals surface area contributed by atoms with Crippen LogP contribution >= 0.6 is 27.5 Å². The van der Waals surface area contributed by atoms with Gasteiger partial charge in [-0.15, -0.1) is 0 Å². The van der Waals surface area contributed by atoms with Crippen LogP contribution in [0.3, 0.4) is 0 Å². The number of hydrogen-bond acceptors (Lipinski definition) is 4. The number of ether oxygens (including phenoxy) is 1. The second-order valence-corrected chi connectivity index (χ2v) is 5.71. The highest BCUT2D eigenvalue weighted by Crippen LogP contribution is 2.36. The average molecular weight is 372 g/mol. The monoisotopic (exact) mass is 370 g/mol. The fourth-order valence-corrected chi connectivity index (χ4v) is 2.32. The molecule has 110 valence electrons. The summed E-state index contributed by atoms with van der Waals surface area (Å²) >= 11 is 9.39. The summed E-state index contributed by atoms with van der Waals surface area (Å²) in [5, 5.41) is 11.1. The van der Waals surface area contributed by atoms with Gasteiger partial charge in [0, 0.05) is 12.1 Å². The number of halogens is 2. The van der Waals surface area contributed by atoms with E-state index in [1.54, 1.807) is 6.07 Å². The largest absolute Gasteiger partial charge is 0.454 e. The Balaban J connectivity index is 2.34. The molecule has 7 heteroatoms. The molecule has 0 saturated heterocycles. The molecule has 1 atom stereocenters. The smallest absolute Gasteiger partial charge is 0.273 e. The van der Waals surface area contributed by atoms with Crippen LogP contribution in [0.4, 0.5) is 5.69 Å². The zero-order chi connectivity index (χ0) is 15.6. The first-order chi connectivity index (χ1) is 9.88. The SMILES string of the molecule is C[C@H](N)c1ccc(Oc2cc([N+](=O)[O-])ccc2Cl)c(Br)c1. The van der Waals surface area contributed by atoms with Crippen molar-refractivity contribution >= 4 is 33.2 Å². The lowest BCUT2D eigenvalue weighted by atomic mass is 10.1. The first kappa shape index (κ1) is 15.8. The van der Waals surface area contributed by atoms with Gasteiger partial charge in [0.25, 0.3) is 5.69 Å². The van der Waals surface area contributed by atoms with Gasteiger partial charge in [0.05, 0.1) is 20.5 Å². The molecule has 0 aromatic heterocycles. The molecule has 0 saturated carbocycles. The van der Waals surface area contributed by atoms with Gasteiger partial charge in [-0.3, -0.25) is 10.1 Å². The first-order valence-electron chi connectivity index (χ1n) is 6.05. The summed E-state index contributed by atoms with van der Waals surface area (Å²) < 4.78 is 6.34. The van der Waals surface area contributed by atoms with E-state index < -0.39 is 4.92 Å². The van der Waals surface area contributed by atoms with Crippen LogP contribution < -0.4 is 10.5 Å². The third-order valence-corrected chi connectivity index (χ3v) is 3.76. The van der Waals surface area contributed by atoms with Gasteiger partial charge in [-0.05, 0) is 46.6 Å². The van der Waals surface area contributed by atoms with E-state index in [0.717, 1.165) is 5.56 Å². The fourth-order valence-electron chi connectivity index (χ4n) is 1.69. The highest BCUT2D eigenvalue weighted by Gasteiger charge is 2.13. The van der Waals surface area contributed by atoms with Crippen molar-refractivity contribution in [3.05, 3.63) is 61.6 Å². The van der Waals surface area contributed by atoms with Gasteiger partial charge < -0.3 is 10.5 Å². The second-order valence-electron chi connectivity index (χ2n) is 4.45. The maximum atomic E-state index is 10.8. The van der Waals surface area contributed by atoms with Crippen molar-refractivity contribution in [3.63, 3.8) is 0 Å². The number of nitrogens with zero attached hydrogens (tertiary/aromatic N) is 1. The van der Waals surface area contributed by atoms with Gasteiger partial charge in [-0.25, -0.2) is 0 Å². The highest BCUT2D eigenvalue weighted by atomic mass is 79.9. The predicted molar refractivity (Wildman–Crippen MR) is 84.9 cm³/mol. The number of non-ortho nitro benzene ring substituents is 1. The molecule has 0 aliphatic rings. The molecule has 0 unspecified atom stereocenters. The maximum absolute atomic E-state index is 10.8. The molecule has 2 rings (SSSR count). The summed E-state index contributed by atoms with van der Waals surface area (Å²) in [7, 11) is 0. The Morgan fingerprint density at radius 3 is 2.57 bits per heavy atom. The number of hydrogen-bond donors (Lipinski definition) is 1. The van der Waals surface area contributed by atoms with Crippen LogP contribution in [0.25, 0.3) is 0 Å². The third-order valence-electron chi connectivity index (χ3n) is 2.83. The Hall–Kier alpha value is -1.63. The summed E-state index contributed by atoms with van der Waals surface area (Å²) in [6, 6.07) is 9.34. The standard InChI is InChI=1S/C14H12BrClN2O3/c1-8(17)9-2-5-13(11(15)6-9)21-14-7-10(18(19)20)3-4-12(14)16/h2-8H,17H2,1H3/t8-/m0/s1. The predicted octanol–water partition coefficient (Wildman–Crippen LogP) is 4.82. The van der Waals surface area contributed by atoms with Gasteiger partial charge in [0.15, 0.2) is 5.75 Å². The quantitative estimate of drug-likeness (QED) is 0.617. The molecule has 2 aromatic rings. The van der Waals surface area contributed by atoms with Crippen molar-refractivity contribution in [2.24, 2.45) is 5.73 Å². The Morgan fingerprint density at radius 2 is 2.00 bits per heavy atom. The number of nitro benzene ring substituents is 1. The van der Waals surface area contributed by atoms with E-state index in [0.29, 0.717) is 15.2 Å². The van der Waals surface area contributed by atoms with Gasteiger partial charge >= 0.3 is 0 Å². The lowest BCUT2D eigenvalue weighted by molar-refractivity contribution is -0.384. The van der Waals surface area contributed by atoms with E-state index in [1.165, 1.54) is 18.2 Å². The molecule has 2 aromatic carbocycles. The number of nitrogens with two attached hydrogens (primary N) is 1. The lowest BCUT2D eigenvalue weighted by Crippen LogP contribution is -2.04. The molecule has 21 heavy (non-hydrogen) atoms. The zero-order valence-electron chi connectivity index (χ0n) is 11.0. The Bertz CT molecular complexity index is 692. The molecule has 0 heterocycles. The minimum atomic E-state index is -0.503. The molecule has 0 spiro atoms. The maximum Gasteiger partial charge on any atom is 0.273 e. The summed E-state index contributed by atoms with van der Waals surface area (Å²) in [6.07, 6.45) is 0. The van der Waals surface area contributed by atoms with Crippen molar-refractivity contribution < 1.29 is 9.66 Å². The van der Waals surface area contributed by atoms with Crippen LogP contribution in [0.15, 0.2) is 40.9 Å². The van der Waals surface area contributed by atoms with Crippen LogP contribution in [0.5, 0.6) is 11.5 Å². The van der Waals surface area contributed by atoms with Crippen molar-refractivity contribution in [1.82, 2.24) is 0 Å². The van der Waals surface area contributed by atoms with Gasteiger partial charge in [-0.2, -0.15) is 0 Å². The zero-order valence-corrected chi connectivity index (χ0v) is 13.4. The van der Waals surface area contributed by atoms with Crippen LogP contribution in [0.2, 0.25) is 5.02 Å². The van der Waals surface area contributed by atoms with E-state index in [1.807, 2.05) is 19.1 Å². The molecule has 0 bridgehead atoms. The summed E-state index contributed by atoms with van der Waals surface area (Å²) in [4.78, 5) is 10.3. The highest BCUT2D eigenvalue weighted by molar-refractivity contribution is 9.10. The molecule has 0 aliphatic carbocycles. The van der Waals surface area contributed by atoms with Crippen LogP contribution in [0, 0.1) is 10.1 Å². The van der Waals surface area contributed by atoms with Gasteiger partial charge in [-0.1, -0.05) is 17.7 Å². The van der Waals surface area contributed by atoms with Gasteiger partial charge in [0.1, 0.15) is 5.75 Å². The van der Waals surface area contributed by atoms with Crippen molar-refractivity contribution in [1.29, 1.82) is 0 Å². The molecular formula is C14H12BrClN2O3. The van der Waals surface area contributed by atoms with E-state index in [-0.39, 0.29) is 17.5 Å². The van der Waals surface area contributed by atoms with Crippen molar-refractivity contribution in [3.8, 4) is 11.5 Å². The van der Waals surface area contributed by atoms with E-state index in [2.05, 4.69) is 15.9 Å². The Kier molecular flexibility index (Phi) is 4.82. The number of benzene rings is 2. The molecule has 0 radical (unpaired) electrons. The van der Waals surface area contributed by atoms with Crippen molar-refractivity contribution in [2.45, 2.75) is 13.0 Å². The number of rotatable bonds is 4. The van der Waals surface area contributed by atoms with Gasteiger partial charge in [0.2, 0.25) is 0 Å². The van der Waals surface area contributed by atoms with Crippen LogP contribution in [-0.4, -0.2) is 4.92 Å².